The van der Waals surface area contributed by atoms with E-state index < -0.39 is 5.60 Å². The zero-order valence-corrected chi connectivity index (χ0v) is 8.21. The number of rotatable bonds is 6. The minimum atomic E-state index is -0.747. The van der Waals surface area contributed by atoms with Crippen molar-refractivity contribution in [2.75, 3.05) is 6.54 Å². The maximum absolute atomic E-state index is 9.49. The Kier molecular flexibility index (Phi) is 5.46. The van der Waals surface area contributed by atoms with Crippen LogP contribution in [0, 0.1) is 0 Å². The van der Waals surface area contributed by atoms with Gasteiger partial charge in [-0.1, -0.05) is 12.8 Å². The fourth-order valence-electron chi connectivity index (χ4n) is 1.04. The van der Waals surface area contributed by atoms with Crippen molar-refractivity contribution in [1.82, 2.24) is 0 Å². The zero-order chi connectivity index (χ0) is 9.61. The lowest BCUT2D eigenvalue weighted by atomic mass is 9.94. The van der Waals surface area contributed by atoms with Gasteiger partial charge in [0.1, 0.15) is 0 Å². The molecule has 0 aromatic heterocycles. The fourth-order valence-corrected chi connectivity index (χ4v) is 1.04. The monoisotopic (exact) mass is 174 g/mol. The van der Waals surface area contributed by atoms with Crippen molar-refractivity contribution in [3.8, 4) is 0 Å². The first-order valence-corrected chi connectivity index (χ1v) is 4.66. The standard InChI is InChI=1S/C9H22N2O/c1-9(2,12)8(11)6-4-3-5-7-10/h8,12H,3-7,10-11H2,1-2H3. The molecular weight excluding hydrogens is 152 g/mol. The first-order valence-electron chi connectivity index (χ1n) is 4.66. The lowest BCUT2D eigenvalue weighted by Gasteiger charge is -2.25. The van der Waals surface area contributed by atoms with Crippen LogP contribution in [0.2, 0.25) is 0 Å². The summed E-state index contributed by atoms with van der Waals surface area (Å²) in [5, 5.41) is 9.49. The third-order valence-electron chi connectivity index (χ3n) is 2.13. The quantitative estimate of drug-likeness (QED) is 0.516. The molecule has 0 aromatic carbocycles. The zero-order valence-electron chi connectivity index (χ0n) is 8.21. The summed E-state index contributed by atoms with van der Waals surface area (Å²) in [7, 11) is 0. The Morgan fingerprint density at radius 2 is 1.83 bits per heavy atom. The van der Waals surface area contributed by atoms with Gasteiger partial charge in [0.25, 0.3) is 0 Å². The minimum Gasteiger partial charge on any atom is -0.389 e. The average Bonchev–Trinajstić information content (AvgIpc) is 1.96. The first-order chi connectivity index (χ1) is 5.48. The van der Waals surface area contributed by atoms with Gasteiger partial charge < -0.3 is 16.6 Å². The van der Waals surface area contributed by atoms with Crippen LogP contribution in [0.25, 0.3) is 0 Å². The Balaban J connectivity index is 3.38. The molecule has 0 saturated carbocycles. The molecule has 0 saturated heterocycles. The van der Waals surface area contributed by atoms with E-state index in [9.17, 15) is 5.11 Å². The van der Waals surface area contributed by atoms with Gasteiger partial charge in [-0.05, 0) is 33.2 Å². The van der Waals surface area contributed by atoms with Crippen molar-refractivity contribution < 1.29 is 5.11 Å². The minimum absolute atomic E-state index is 0.115. The van der Waals surface area contributed by atoms with Crippen LogP contribution in [0.5, 0.6) is 0 Å². The van der Waals surface area contributed by atoms with E-state index in [1.807, 2.05) is 0 Å². The number of unbranched alkanes of at least 4 members (excludes halogenated alkanes) is 2. The summed E-state index contributed by atoms with van der Waals surface area (Å²) in [5.41, 5.74) is 10.4. The molecule has 0 aromatic rings. The fraction of sp³-hybridized carbons (Fsp3) is 1.00. The first kappa shape index (κ1) is 11.9. The van der Waals surface area contributed by atoms with Crippen molar-refractivity contribution in [1.29, 1.82) is 0 Å². The van der Waals surface area contributed by atoms with Crippen molar-refractivity contribution in [2.24, 2.45) is 11.5 Å². The van der Waals surface area contributed by atoms with Gasteiger partial charge in [-0.15, -0.1) is 0 Å². The number of nitrogens with two attached hydrogens (primary N) is 2. The highest BCUT2D eigenvalue weighted by atomic mass is 16.3. The molecule has 0 spiro atoms. The van der Waals surface area contributed by atoms with Gasteiger partial charge in [0.2, 0.25) is 0 Å². The van der Waals surface area contributed by atoms with E-state index in [1.54, 1.807) is 13.8 Å². The highest BCUT2D eigenvalue weighted by molar-refractivity contribution is 4.79. The predicted octanol–water partition coefficient (Wildman–Crippen LogP) is 0.604. The van der Waals surface area contributed by atoms with Crippen LogP contribution >= 0.6 is 0 Å². The number of aliphatic hydroxyl groups is 1. The van der Waals surface area contributed by atoms with Crippen LogP contribution in [0.3, 0.4) is 0 Å². The summed E-state index contributed by atoms with van der Waals surface area (Å²) >= 11 is 0. The van der Waals surface area contributed by atoms with E-state index in [2.05, 4.69) is 0 Å². The average molecular weight is 174 g/mol. The molecule has 74 valence electrons. The molecule has 0 rings (SSSR count). The maximum Gasteiger partial charge on any atom is 0.0741 e. The second-order valence-corrected chi connectivity index (χ2v) is 3.90. The van der Waals surface area contributed by atoms with E-state index >= 15 is 0 Å². The molecule has 0 aliphatic carbocycles. The van der Waals surface area contributed by atoms with E-state index in [1.165, 1.54) is 0 Å². The Morgan fingerprint density at radius 1 is 1.25 bits per heavy atom. The molecule has 0 radical (unpaired) electrons. The largest absolute Gasteiger partial charge is 0.389 e. The second kappa shape index (κ2) is 5.51. The molecule has 0 heterocycles. The predicted molar refractivity (Wildman–Crippen MR) is 51.8 cm³/mol. The SMILES string of the molecule is CC(C)(O)C(N)CCCCCN. The Labute approximate surface area is 75.1 Å². The summed E-state index contributed by atoms with van der Waals surface area (Å²) in [6.07, 6.45) is 4.10. The summed E-state index contributed by atoms with van der Waals surface area (Å²) in [6, 6.07) is -0.115. The molecule has 3 heteroatoms. The van der Waals surface area contributed by atoms with Gasteiger partial charge in [0.15, 0.2) is 0 Å². The van der Waals surface area contributed by atoms with E-state index in [-0.39, 0.29) is 6.04 Å². The lowest BCUT2D eigenvalue weighted by molar-refractivity contribution is 0.0482. The van der Waals surface area contributed by atoms with Gasteiger partial charge in [-0.2, -0.15) is 0 Å². The van der Waals surface area contributed by atoms with Crippen LogP contribution in [-0.2, 0) is 0 Å². The summed E-state index contributed by atoms with van der Waals surface area (Å²) < 4.78 is 0. The molecule has 0 aliphatic rings. The molecular formula is C9H22N2O. The van der Waals surface area contributed by atoms with E-state index in [0.29, 0.717) is 0 Å². The van der Waals surface area contributed by atoms with Crippen molar-refractivity contribution in [3.05, 3.63) is 0 Å². The van der Waals surface area contributed by atoms with Gasteiger partial charge in [-0.25, -0.2) is 0 Å². The molecule has 0 bridgehead atoms. The highest BCUT2D eigenvalue weighted by Crippen LogP contribution is 2.12. The van der Waals surface area contributed by atoms with Crippen molar-refractivity contribution in [3.63, 3.8) is 0 Å². The number of hydrogen-bond donors (Lipinski definition) is 3. The van der Waals surface area contributed by atoms with E-state index in [4.69, 9.17) is 11.5 Å². The normalized spacial score (nSPS) is 14.8. The van der Waals surface area contributed by atoms with Gasteiger partial charge in [-0.3, -0.25) is 0 Å². The van der Waals surface area contributed by atoms with Gasteiger partial charge in [0, 0.05) is 6.04 Å². The van der Waals surface area contributed by atoms with Crippen molar-refractivity contribution in [2.45, 2.75) is 51.2 Å². The molecule has 0 aliphatic heterocycles. The molecule has 5 N–H and O–H groups in total. The summed E-state index contributed by atoms with van der Waals surface area (Å²) in [5.74, 6) is 0. The van der Waals surface area contributed by atoms with E-state index in [0.717, 1.165) is 32.2 Å². The topological polar surface area (TPSA) is 72.3 Å². The third kappa shape index (κ3) is 5.52. The van der Waals surface area contributed by atoms with Crippen LogP contribution < -0.4 is 11.5 Å². The van der Waals surface area contributed by atoms with Gasteiger partial charge >= 0.3 is 0 Å². The van der Waals surface area contributed by atoms with Gasteiger partial charge in [0.05, 0.1) is 5.60 Å². The smallest absolute Gasteiger partial charge is 0.0741 e. The molecule has 3 nitrogen and oxygen atoms in total. The third-order valence-corrected chi connectivity index (χ3v) is 2.13. The Bertz CT molecular complexity index is 110. The molecule has 0 amide bonds. The molecule has 1 unspecified atom stereocenters. The molecule has 0 fully saturated rings. The summed E-state index contributed by atoms with van der Waals surface area (Å²) in [6.45, 7) is 4.25. The number of hydrogen-bond acceptors (Lipinski definition) is 3. The molecule has 1 atom stereocenters. The lowest BCUT2D eigenvalue weighted by Crippen LogP contribution is -2.42. The van der Waals surface area contributed by atoms with Crippen LogP contribution in [0.15, 0.2) is 0 Å². The Hall–Kier alpha value is -0.120. The van der Waals surface area contributed by atoms with Crippen molar-refractivity contribution >= 4 is 0 Å². The maximum atomic E-state index is 9.49. The van der Waals surface area contributed by atoms with Crippen LogP contribution in [-0.4, -0.2) is 23.3 Å². The second-order valence-electron chi connectivity index (χ2n) is 3.90. The van der Waals surface area contributed by atoms with Crippen LogP contribution in [0.4, 0.5) is 0 Å². The van der Waals surface area contributed by atoms with Crippen LogP contribution in [0.1, 0.15) is 39.5 Å². The molecule has 12 heavy (non-hydrogen) atoms. The highest BCUT2D eigenvalue weighted by Gasteiger charge is 2.21. The Morgan fingerprint density at radius 3 is 2.25 bits per heavy atom. The summed E-state index contributed by atoms with van der Waals surface area (Å²) in [4.78, 5) is 0.